The van der Waals surface area contributed by atoms with Crippen molar-refractivity contribution >= 4 is 27.8 Å². The Morgan fingerprint density at radius 3 is 2.67 bits per heavy atom. The van der Waals surface area contributed by atoms with Gasteiger partial charge in [0.05, 0.1) is 23.1 Å². The highest BCUT2D eigenvalue weighted by atomic mass is 19.1. The number of carboxylic acids is 1. The molecule has 0 bridgehead atoms. The number of carbonyl (C=O) groups is 1. The fourth-order valence-electron chi connectivity index (χ4n) is 5.10. The van der Waals surface area contributed by atoms with Gasteiger partial charge in [0.1, 0.15) is 5.82 Å². The number of H-pyrrole nitrogens is 1. The molecule has 5 nitrogen and oxygen atoms in total. The summed E-state index contributed by atoms with van der Waals surface area (Å²) >= 11 is 0. The third-order valence-corrected chi connectivity index (χ3v) is 6.43. The number of aromatic nitrogens is 3. The molecule has 30 heavy (non-hydrogen) atoms. The molecule has 1 fully saturated rings. The minimum Gasteiger partial charge on any atom is -0.481 e. The summed E-state index contributed by atoms with van der Waals surface area (Å²) in [7, 11) is 0. The van der Waals surface area contributed by atoms with Crippen molar-refractivity contribution in [3.63, 3.8) is 0 Å². The van der Waals surface area contributed by atoms with Crippen LogP contribution in [0.4, 0.5) is 4.39 Å². The molecule has 0 aliphatic heterocycles. The van der Waals surface area contributed by atoms with Crippen LogP contribution in [0.2, 0.25) is 0 Å². The molecule has 6 heteroatoms. The molecule has 2 aromatic heterocycles. The molecule has 2 heterocycles. The summed E-state index contributed by atoms with van der Waals surface area (Å²) in [6, 6.07) is 10.8. The first-order valence-electron chi connectivity index (χ1n) is 10.4. The smallest absolute Gasteiger partial charge is 0.306 e. The van der Waals surface area contributed by atoms with Crippen molar-refractivity contribution in [1.82, 2.24) is 14.8 Å². The van der Waals surface area contributed by atoms with E-state index in [1.165, 1.54) is 23.4 Å². The van der Waals surface area contributed by atoms with Gasteiger partial charge in [-0.25, -0.2) is 4.39 Å². The van der Waals surface area contributed by atoms with Crippen molar-refractivity contribution < 1.29 is 14.3 Å². The molecule has 0 saturated heterocycles. The van der Waals surface area contributed by atoms with E-state index in [9.17, 15) is 14.3 Å². The van der Waals surface area contributed by atoms with Crippen LogP contribution in [-0.4, -0.2) is 25.8 Å². The number of aliphatic carboxylic acids is 1. The summed E-state index contributed by atoms with van der Waals surface area (Å²) in [4.78, 5) is 11.6. The Balaban J connectivity index is 1.82. The number of rotatable bonds is 4. The highest BCUT2D eigenvalue weighted by Crippen LogP contribution is 2.47. The van der Waals surface area contributed by atoms with E-state index in [-0.39, 0.29) is 23.6 Å². The fraction of sp³-hybridized carbons (Fsp3) is 0.333. The first-order chi connectivity index (χ1) is 14.4. The van der Waals surface area contributed by atoms with Gasteiger partial charge < -0.3 is 9.67 Å². The van der Waals surface area contributed by atoms with Gasteiger partial charge in [0.15, 0.2) is 0 Å². The maximum Gasteiger partial charge on any atom is 0.306 e. The lowest BCUT2D eigenvalue weighted by molar-refractivity contribution is -0.141. The zero-order valence-electron chi connectivity index (χ0n) is 17.0. The zero-order chi connectivity index (χ0) is 21.0. The van der Waals surface area contributed by atoms with Crippen LogP contribution in [0.1, 0.15) is 56.2 Å². The molecule has 5 rings (SSSR count). The molecular weight excluding hydrogens is 381 g/mol. The third-order valence-electron chi connectivity index (χ3n) is 6.43. The minimum absolute atomic E-state index is 0.188. The number of hydrogen-bond donors (Lipinski definition) is 2. The minimum atomic E-state index is -0.707. The van der Waals surface area contributed by atoms with Gasteiger partial charge >= 0.3 is 5.97 Å². The van der Waals surface area contributed by atoms with Crippen LogP contribution in [0.15, 0.2) is 42.6 Å². The first-order valence-corrected chi connectivity index (χ1v) is 10.4. The zero-order valence-corrected chi connectivity index (χ0v) is 17.0. The van der Waals surface area contributed by atoms with Gasteiger partial charge in [0.25, 0.3) is 0 Å². The SMILES string of the molecule is CC(C)c1c(C2CCC(C(=O)O)C2)c2cc3[nH]ncc3cc2n1-c1ccc(F)cc1. The van der Waals surface area contributed by atoms with E-state index in [1.54, 1.807) is 12.1 Å². The molecule has 2 atom stereocenters. The molecule has 0 radical (unpaired) electrons. The molecule has 2 aromatic carbocycles. The monoisotopic (exact) mass is 405 g/mol. The van der Waals surface area contributed by atoms with Crippen LogP contribution in [-0.2, 0) is 4.79 Å². The maximum atomic E-state index is 13.6. The first kappa shape index (κ1) is 18.9. The van der Waals surface area contributed by atoms with Crippen molar-refractivity contribution in [3.8, 4) is 5.69 Å². The van der Waals surface area contributed by atoms with Crippen molar-refractivity contribution in [1.29, 1.82) is 0 Å². The summed E-state index contributed by atoms with van der Waals surface area (Å²) in [5, 5.41) is 18.9. The number of nitrogens with one attached hydrogen (secondary N) is 1. The molecule has 0 amide bonds. The largest absolute Gasteiger partial charge is 0.481 e. The summed E-state index contributed by atoms with van der Waals surface area (Å²) in [5.41, 5.74) is 5.32. The van der Waals surface area contributed by atoms with Gasteiger partial charge in [0, 0.05) is 22.2 Å². The van der Waals surface area contributed by atoms with Crippen molar-refractivity contribution in [2.24, 2.45) is 5.92 Å². The van der Waals surface area contributed by atoms with Gasteiger partial charge in [0.2, 0.25) is 0 Å². The maximum absolute atomic E-state index is 13.6. The number of aromatic amines is 1. The van der Waals surface area contributed by atoms with Gasteiger partial charge in [-0.1, -0.05) is 13.8 Å². The lowest BCUT2D eigenvalue weighted by Gasteiger charge is -2.18. The van der Waals surface area contributed by atoms with Crippen LogP contribution < -0.4 is 0 Å². The van der Waals surface area contributed by atoms with E-state index in [0.717, 1.165) is 33.9 Å². The van der Waals surface area contributed by atoms with E-state index in [4.69, 9.17) is 0 Å². The number of benzene rings is 2. The standard InChI is InChI=1S/C24H24FN3O2/c1-13(2)23-22(14-3-4-15(9-14)24(29)30)19-11-20-16(12-26-27-20)10-21(19)28(23)18-7-5-17(25)6-8-18/h5-8,10-15H,3-4,9H2,1-2H3,(H,26,27)(H,29,30). The number of nitrogens with zero attached hydrogens (tertiary/aromatic N) is 2. The van der Waals surface area contributed by atoms with Gasteiger partial charge in [-0.2, -0.15) is 5.10 Å². The summed E-state index contributed by atoms with van der Waals surface area (Å²) in [6.07, 6.45) is 4.02. The molecule has 1 aliphatic rings. The molecule has 1 saturated carbocycles. The summed E-state index contributed by atoms with van der Waals surface area (Å²) < 4.78 is 15.9. The Morgan fingerprint density at radius 1 is 1.23 bits per heavy atom. The number of hydrogen-bond acceptors (Lipinski definition) is 2. The molecule has 2 unspecified atom stereocenters. The molecular formula is C24H24FN3O2. The molecule has 4 aromatic rings. The highest BCUT2D eigenvalue weighted by molar-refractivity contribution is 5.99. The van der Waals surface area contributed by atoms with Crippen LogP contribution >= 0.6 is 0 Å². The Morgan fingerprint density at radius 2 is 2.00 bits per heavy atom. The Kier molecular flexibility index (Phi) is 4.38. The molecule has 2 N–H and O–H groups in total. The third kappa shape index (κ3) is 2.90. The van der Waals surface area contributed by atoms with Crippen molar-refractivity contribution in [2.75, 3.05) is 0 Å². The van der Waals surface area contributed by atoms with E-state index < -0.39 is 5.97 Å². The van der Waals surface area contributed by atoms with Crippen LogP contribution in [0.3, 0.4) is 0 Å². The number of halogens is 1. The Labute approximate surface area is 173 Å². The number of carboxylic acid groups (broad SMARTS) is 1. The molecule has 1 aliphatic carbocycles. The molecule has 0 spiro atoms. The quantitative estimate of drug-likeness (QED) is 0.455. The van der Waals surface area contributed by atoms with E-state index in [0.29, 0.717) is 12.8 Å². The van der Waals surface area contributed by atoms with Gasteiger partial charge in [-0.15, -0.1) is 0 Å². The average Bonchev–Trinajstić information content (AvgIpc) is 3.43. The molecule has 154 valence electrons. The summed E-state index contributed by atoms with van der Waals surface area (Å²) in [5.74, 6) is -0.860. The average molecular weight is 405 g/mol. The van der Waals surface area contributed by atoms with E-state index in [2.05, 4.69) is 40.7 Å². The van der Waals surface area contributed by atoms with Gasteiger partial charge in [-0.05, 0) is 73.1 Å². The highest BCUT2D eigenvalue weighted by Gasteiger charge is 2.35. The second kappa shape index (κ2) is 6.97. The predicted octanol–water partition coefficient (Wildman–Crippen LogP) is 5.74. The van der Waals surface area contributed by atoms with Crippen LogP contribution in [0.25, 0.3) is 27.5 Å². The van der Waals surface area contributed by atoms with Crippen molar-refractivity contribution in [3.05, 3.63) is 59.7 Å². The summed E-state index contributed by atoms with van der Waals surface area (Å²) in [6.45, 7) is 4.32. The van der Waals surface area contributed by atoms with Crippen LogP contribution in [0, 0.1) is 11.7 Å². The normalized spacial score (nSPS) is 19.3. The lowest BCUT2D eigenvalue weighted by atomic mass is 9.90. The predicted molar refractivity (Wildman–Crippen MR) is 115 cm³/mol. The lowest BCUT2D eigenvalue weighted by Crippen LogP contribution is -2.10. The van der Waals surface area contributed by atoms with E-state index >= 15 is 0 Å². The second-order valence-electron chi connectivity index (χ2n) is 8.64. The van der Waals surface area contributed by atoms with Crippen molar-refractivity contribution in [2.45, 2.75) is 44.9 Å². The Bertz CT molecular complexity index is 1250. The second-order valence-corrected chi connectivity index (χ2v) is 8.64. The van der Waals surface area contributed by atoms with Gasteiger partial charge in [-0.3, -0.25) is 9.89 Å². The topological polar surface area (TPSA) is 70.9 Å². The van der Waals surface area contributed by atoms with E-state index in [1.807, 2.05) is 6.20 Å². The Hall–Kier alpha value is -3.15. The van der Waals surface area contributed by atoms with Crippen LogP contribution in [0.5, 0.6) is 0 Å². The number of fused-ring (bicyclic) bond motifs is 2. The fourth-order valence-corrected chi connectivity index (χ4v) is 5.10.